The molecule has 0 saturated carbocycles. The van der Waals surface area contributed by atoms with Crippen LogP contribution in [0.4, 0.5) is 17.1 Å². The molecule has 0 aliphatic carbocycles. The molecule has 0 atom stereocenters. The highest BCUT2D eigenvalue weighted by Gasteiger charge is 2.22. The lowest BCUT2D eigenvalue weighted by Gasteiger charge is -2.30. The topological polar surface area (TPSA) is 3.24 Å². The van der Waals surface area contributed by atoms with Crippen LogP contribution in [0.25, 0.3) is 87.6 Å². The summed E-state index contributed by atoms with van der Waals surface area (Å²) in [6, 6.07) is 86.5. The van der Waals surface area contributed by atoms with Gasteiger partial charge in [0, 0.05) is 16.6 Å². The smallest absolute Gasteiger partial charge is 0.0546 e. The van der Waals surface area contributed by atoms with Crippen LogP contribution in [-0.4, -0.2) is 0 Å². The van der Waals surface area contributed by atoms with Gasteiger partial charge in [0.05, 0.1) is 11.4 Å². The van der Waals surface area contributed by atoms with Gasteiger partial charge in [-0.15, -0.1) is 0 Å². The summed E-state index contributed by atoms with van der Waals surface area (Å²) in [6.45, 7) is 0. The molecule has 11 aromatic carbocycles. The zero-order valence-corrected chi connectivity index (χ0v) is 32.5. The molecule has 0 N–H and O–H groups in total. The van der Waals surface area contributed by atoms with E-state index in [9.17, 15) is 0 Å². The van der Waals surface area contributed by atoms with Crippen LogP contribution >= 0.6 is 0 Å². The molecular formula is C58H39N. The number of anilines is 3. The Morgan fingerprint density at radius 1 is 0.220 bits per heavy atom. The lowest BCUT2D eigenvalue weighted by atomic mass is 9.91. The number of fused-ring (bicyclic) bond motifs is 4. The quantitative estimate of drug-likeness (QED) is 0.157. The standard InChI is InChI=1S/C58H39N/c1-2-17-45-38-48(30-29-40(45)13-1)47-22-9-21-46(37-47)41-31-34-50(35-32-41)59(57-28-12-20-44-16-5-8-25-54(44)57)58-39-49(53-26-10-18-42-14-3-6-23-51(42)53)33-36-56(58)55-27-11-19-43-15-4-7-24-52(43)55/h1-39H. The molecule has 0 bridgehead atoms. The minimum atomic E-state index is 1.09. The summed E-state index contributed by atoms with van der Waals surface area (Å²) in [5.74, 6) is 0. The fraction of sp³-hybridized carbons (Fsp3) is 0. The molecule has 0 fully saturated rings. The van der Waals surface area contributed by atoms with Crippen molar-refractivity contribution < 1.29 is 0 Å². The zero-order valence-electron chi connectivity index (χ0n) is 32.5. The van der Waals surface area contributed by atoms with Crippen molar-refractivity contribution in [2.24, 2.45) is 0 Å². The molecule has 11 rings (SSSR count). The van der Waals surface area contributed by atoms with Gasteiger partial charge in [0.25, 0.3) is 0 Å². The van der Waals surface area contributed by atoms with E-state index in [0.717, 1.165) is 17.1 Å². The summed E-state index contributed by atoms with van der Waals surface area (Å²) in [5, 5.41) is 9.83. The lowest BCUT2D eigenvalue weighted by molar-refractivity contribution is 1.30. The van der Waals surface area contributed by atoms with Crippen LogP contribution in [0.2, 0.25) is 0 Å². The molecule has 0 amide bonds. The van der Waals surface area contributed by atoms with Crippen LogP contribution in [-0.2, 0) is 0 Å². The highest BCUT2D eigenvalue weighted by molar-refractivity contribution is 6.06. The third-order valence-corrected chi connectivity index (χ3v) is 11.8. The molecule has 0 radical (unpaired) electrons. The summed E-state index contributed by atoms with van der Waals surface area (Å²) < 4.78 is 0. The Morgan fingerprint density at radius 2 is 0.712 bits per heavy atom. The van der Waals surface area contributed by atoms with Gasteiger partial charge < -0.3 is 4.90 Å². The van der Waals surface area contributed by atoms with Crippen molar-refractivity contribution in [2.75, 3.05) is 4.90 Å². The molecule has 0 unspecified atom stereocenters. The minimum Gasteiger partial charge on any atom is -0.309 e. The molecule has 59 heavy (non-hydrogen) atoms. The molecule has 0 aliphatic rings. The summed E-state index contributed by atoms with van der Waals surface area (Å²) >= 11 is 0. The van der Waals surface area contributed by atoms with Crippen molar-refractivity contribution in [1.29, 1.82) is 0 Å². The van der Waals surface area contributed by atoms with Crippen LogP contribution in [0, 0.1) is 0 Å². The van der Waals surface area contributed by atoms with Crippen molar-refractivity contribution >= 4 is 60.2 Å². The Hall–Kier alpha value is -7.74. The predicted molar refractivity (Wildman–Crippen MR) is 253 cm³/mol. The SMILES string of the molecule is c1cc(-c2ccc(N(c3cc(-c4cccc5ccccc45)ccc3-c3cccc4ccccc34)c3cccc4ccccc34)cc2)cc(-c2ccc3ccccc3c2)c1. The highest BCUT2D eigenvalue weighted by atomic mass is 15.1. The number of benzene rings is 11. The normalized spacial score (nSPS) is 11.4. The maximum Gasteiger partial charge on any atom is 0.0546 e. The number of hydrogen-bond donors (Lipinski definition) is 0. The van der Waals surface area contributed by atoms with Gasteiger partial charge >= 0.3 is 0 Å². The molecule has 1 nitrogen and oxygen atoms in total. The van der Waals surface area contributed by atoms with Gasteiger partial charge in [-0.3, -0.25) is 0 Å². The Labute approximate surface area is 344 Å². The van der Waals surface area contributed by atoms with E-state index >= 15 is 0 Å². The van der Waals surface area contributed by atoms with Gasteiger partial charge in [-0.2, -0.15) is 0 Å². The Morgan fingerprint density at radius 3 is 1.44 bits per heavy atom. The third-order valence-electron chi connectivity index (χ3n) is 11.8. The lowest BCUT2D eigenvalue weighted by Crippen LogP contribution is -2.12. The molecule has 276 valence electrons. The van der Waals surface area contributed by atoms with Crippen molar-refractivity contribution in [3.05, 3.63) is 237 Å². The first-order valence-electron chi connectivity index (χ1n) is 20.3. The Kier molecular flexibility index (Phi) is 8.56. The third kappa shape index (κ3) is 6.30. The molecule has 0 heterocycles. The summed E-state index contributed by atoms with van der Waals surface area (Å²) in [5.41, 5.74) is 12.9. The fourth-order valence-electron chi connectivity index (χ4n) is 8.91. The van der Waals surface area contributed by atoms with E-state index in [0.29, 0.717) is 0 Å². The predicted octanol–water partition coefficient (Wildman–Crippen LogP) is 16.4. The fourth-order valence-corrected chi connectivity index (χ4v) is 8.91. The van der Waals surface area contributed by atoms with Crippen molar-refractivity contribution in [3.8, 4) is 44.5 Å². The van der Waals surface area contributed by atoms with E-state index < -0.39 is 0 Å². The van der Waals surface area contributed by atoms with E-state index in [4.69, 9.17) is 0 Å². The van der Waals surface area contributed by atoms with Gasteiger partial charge in [-0.05, 0) is 113 Å². The second-order valence-corrected chi connectivity index (χ2v) is 15.3. The zero-order chi connectivity index (χ0) is 39.1. The summed E-state index contributed by atoms with van der Waals surface area (Å²) in [6.07, 6.45) is 0. The molecule has 0 saturated heterocycles. The van der Waals surface area contributed by atoms with Crippen LogP contribution in [0.1, 0.15) is 0 Å². The van der Waals surface area contributed by atoms with Gasteiger partial charge in [0.1, 0.15) is 0 Å². The Bertz CT molecular complexity index is 3320. The van der Waals surface area contributed by atoms with Crippen molar-refractivity contribution in [2.45, 2.75) is 0 Å². The second kappa shape index (κ2) is 14.6. The van der Waals surface area contributed by atoms with E-state index in [1.807, 2.05) is 0 Å². The largest absolute Gasteiger partial charge is 0.309 e. The molecule has 0 aliphatic heterocycles. The number of rotatable bonds is 7. The van der Waals surface area contributed by atoms with E-state index in [-0.39, 0.29) is 0 Å². The summed E-state index contributed by atoms with van der Waals surface area (Å²) in [4.78, 5) is 2.48. The first kappa shape index (κ1) is 34.5. The van der Waals surface area contributed by atoms with Gasteiger partial charge in [0.2, 0.25) is 0 Å². The second-order valence-electron chi connectivity index (χ2n) is 15.3. The van der Waals surface area contributed by atoms with Crippen LogP contribution in [0.5, 0.6) is 0 Å². The van der Waals surface area contributed by atoms with Gasteiger partial charge in [0.15, 0.2) is 0 Å². The van der Waals surface area contributed by atoms with Crippen LogP contribution in [0.3, 0.4) is 0 Å². The highest BCUT2D eigenvalue weighted by Crippen LogP contribution is 2.47. The van der Waals surface area contributed by atoms with Crippen molar-refractivity contribution in [3.63, 3.8) is 0 Å². The maximum atomic E-state index is 2.48. The molecule has 0 spiro atoms. The molecule has 11 aromatic rings. The molecule has 1 heteroatoms. The first-order valence-corrected chi connectivity index (χ1v) is 20.3. The van der Waals surface area contributed by atoms with Gasteiger partial charge in [-0.1, -0.05) is 200 Å². The molecular weight excluding hydrogens is 711 g/mol. The average Bonchev–Trinajstić information content (AvgIpc) is 3.31. The number of hydrogen-bond acceptors (Lipinski definition) is 1. The van der Waals surface area contributed by atoms with E-state index in [2.05, 4.69) is 241 Å². The average molecular weight is 750 g/mol. The Balaban J connectivity index is 1.11. The monoisotopic (exact) mass is 749 g/mol. The van der Waals surface area contributed by atoms with Crippen LogP contribution in [0.15, 0.2) is 237 Å². The van der Waals surface area contributed by atoms with E-state index in [1.54, 1.807) is 0 Å². The molecule has 0 aromatic heterocycles. The van der Waals surface area contributed by atoms with Crippen molar-refractivity contribution in [1.82, 2.24) is 0 Å². The first-order chi connectivity index (χ1) is 29.2. The van der Waals surface area contributed by atoms with Gasteiger partial charge in [-0.25, -0.2) is 0 Å². The van der Waals surface area contributed by atoms with E-state index in [1.165, 1.54) is 87.6 Å². The summed E-state index contributed by atoms with van der Waals surface area (Å²) in [7, 11) is 0. The minimum absolute atomic E-state index is 1.09. The maximum absolute atomic E-state index is 2.48. The van der Waals surface area contributed by atoms with Crippen LogP contribution < -0.4 is 4.90 Å². The number of nitrogens with zero attached hydrogens (tertiary/aromatic N) is 1.